The van der Waals surface area contributed by atoms with Crippen LogP contribution in [0.2, 0.25) is 0 Å². The number of carboxylic acid groups (broad SMARTS) is 1. The van der Waals surface area contributed by atoms with Crippen LogP contribution in [-0.4, -0.2) is 77.6 Å². The van der Waals surface area contributed by atoms with Gasteiger partial charge < -0.3 is 14.7 Å². The van der Waals surface area contributed by atoms with Crippen molar-refractivity contribution in [3.05, 3.63) is 39.9 Å². The van der Waals surface area contributed by atoms with Crippen molar-refractivity contribution in [1.82, 2.24) is 9.80 Å². The summed E-state index contributed by atoms with van der Waals surface area (Å²) in [5.41, 5.74) is 0.547. The number of hydrogen-bond donors (Lipinski definition) is 1. The van der Waals surface area contributed by atoms with E-state index >= 15 is 0 Å². The monoisotopic (exact) mass is 351 g/mol. The van der Waals surface area contributed by atoms with Gasteiger partial charge in [-0.2, -0.15) is 0 Å². The Balaban J connectivity index is 1.92. The van der Waals surface area contributed by atoms with Crippen LogP contribution < -0.4 is 0 Å². The SMILES string of the molecule is CN(CC(=O)O)CC1CN(C(=O)Cc2cccc([N+](=O)[O-])c2)CCO1. The Morgan fingerprint density at radius 3 is 2.92 bits per heavy atom. The molecular weight excluding hydrogens is 330 g/mol. The molecule has 1 amide bonds. The standard InChI is InChI=1S/C16H21N3O6/c1-17(11-16(21)22)9-14-10-18(5-6-25-14)15(20)8-12-3-2-4-13(7-12)19(23)24/h2-4,7,14H,5-6,8-11H2,1H3,(H,21,22). The molecule has 1 heterocycles. The van der Waals surface area contributed by atoms with Crippen molar-refractivity contribution in [3.63, 3.8) is 0 Å². The fraction of sp³-hybridized carbons (Fsp3) is 0.500. The van der Waals surface area contributed by atoms with Crippen molar-refractivity contribution in [3.8, 4) is 0 Å². The van der Waals surface area contributed by atoms with E-state index in [0.717, 1.165) is 0 Å². The van der Waals surface area contributed by atoms with Gasteiger partial charge in [0.2, 0.25) is 5.91 Å². The summed E-state index contributed by atoms with van der Waals surface area (Å²) in [6.07, 6.45) is -0.175. The number of rotatable bonds is 7. The Morgan fingerprint density at radius 1 is 1.48 bits per heavy atom. The van der Waals surface area contributed by atoms with E-state index in [9.17, 15) is 19.7 Å². The number of carbonyl (C=O) groups is 2. The molecule has 2 rings (SSSR count). The molecule has 1 atom stereocenters. The average Bonchev–Trinajstić information content (AvgIpc) is 2.54. The van der Waals surface area contributed by atoms with Gasteiger partial charge in [0.15, 0.2) is 0 Å². The topological polar surface area (TPSA) is 113 Å². The van der Waals surface area contributed by atoms with Gasteiger partial charge in [0.05, 0.1) is 30.6 Å². The number of nitro benzene ring substituents is 1. The lowest BCUT2D eigenvalue weighted by Crippen LogP contribution is -2.50. The van der Waals surface area contributed by atoms with Gasteiger partial charge in [-0.3, -0.25) is 24.6 Å². The number of benzene rings is 1. The molecule has 1 fully saturated rings. The van der Waals surface area contributed by atoms with Gasteiger partial charge in [-0.1, -0.05) is 12.1 Å². The van der Waals surface area contributed by atoms with Gasteiger partial charge in [0.25, 0.3) is 5.69 Å². The van der Waals surface area contributed by atoms with Crippen LogP contribution in [-0.2, 0) is 20.7 Å². The highest BCUT2D eigenvalue weighted by Gasteiger charge is 2.25. The zero-order valence-corrected chi connectivity index (χ0v) is 14.0. The molecule has 136 valence electrons. The van der Waals surface area contributed by atoms with Crippen LogP contribution >= 0.6 is 0 Å². The molecule has 0 spiro atoms. The molecule has 0 radical (unpaired) electrons. The number of amides is 1. The number of ether oxygens (including phenoxy) is 1. The Kier molecular flexibility index (Phi) is 6.43. The number of likely N-dealkylation sites (N-methyl/N-ethyl adjacent to an activating group) is 1. The summed E-state index contributed by atoms with van der Waals surface area (Å²) < 4.78 is 5.59. The highest BCUT2D eigenvalue weighted by Crippen LogP contribution is 2.15. The molecule has 9 heteroatoms. The Hall–Kier alpha value is -2.52. The fourth-order valence-electron chi connectivity index (χ4n) is 2.77. The summed E-state index contributed by atoms with van der Waals surface area (Å²) >= 11 is 0. The number of nitro groups is 1. The number of hydrogen-bond acceptors (Lipinski definition) is 6. The Labute approximate surface area is 144 Å². The first-order valence-corrected chi connectivity index (χ1v) is 7.88. The summed E-state index contributed by atoms with van der Waals surface area (Å²) in [5.74, 6) is -1.05. The lowest BCUT2D eigenvalue weighted by atomic mass is 10.1. The van der Waals surface area contributed by atoms with Crippen molar-refractivity contribution in [2.75, 3.05) is 39.8 Å². The third-order valence-corrected chi connectivity index (χ3v) is 3.89. The summed E-state index contributed by atoms with van der Waals surface area (Å²) in [6.45, 7) is 1.52. The summed E-state index contributed by atoms with van der Waals surface area (Å²) in [6, 6.07) is 6.03. The van der Waals surface area contributed by atoms with Crippen molar-refractivity contribution < 1.29 is 24.4 Å². The quantitative estimate of drug-likeness (QED) is 0.558. The largest absolute Gasteiger partial charge is 0.480 e. The average molecular weight is 351 g/mol. The molecule has 0 aromatic heterocycles. The minimum absolute atomic E-state index is 0.0413. The van der Waals surface area contributed by atoms with Crippen LogP contribution in [0.1, 0.15) is 5.56 Å². The first-order valence-electron chi connectivity index (χ1n) is 7.88. The van der Waals surface area contributed by atoms with E-state index in [1.807, 2.05) is 0 Å². The maximum atomic E-state index is 12.5. The van der Waals surface area contributed by atoms with Gasteiger partial charge in [-0.05, 0) is 12.6 Å². The van der Waals surface area contributed by atoms with Crippen LogP contribution in [0.4, 0.5) is 5.69 Å². The van der Waals surface area contributed by atoms with Crippen LogP contribution in [0.5, 0.6) is 0 Å². The van der Waals surface area contributed by atoms with Crippen molar-refractivity contribution in [1.29, 1.82) is 0 Å². The number of non-ortho nitro benzene ring substituents is 1. The third kappa shape index (κ3) is 5.80. The van der Waals surface area contributed by atoms with Crippen molar-refractivity contribution in [2.24, 2.45) is 0 Å². The van der Waals surface area contributed by atoms with E-state index in [4.69, 9.17) is 9.84 Å². The molecule has 0 saturated carbocycles. The van der Waals surface area contributed by atoms with Crippen molar-refractivity contribution >= 4 is 17.6 Å². The zero-order valence-electron chi connectivity index (χ0n) is 14.0. The minimum Gasteiger partial charge on any atom is -0.480 e. The number of aliphatic carboxylic acids is 1. The molecule has 9 nitrogen and oxygen atoms in total. The Morgan fingerprint density at radius 2 is 2.24 bits per heavy atom. The Bertz CT molecular complexity index is 651. The molecule has 1 aliphatic rings. The van der Waals surface area contributed by atoms with E-state index in [1.54, 1.807) is 29.0 Å². The highest BCUT2D eigenvalue weighted by atomic mass is 16.6. The van der Waals surface area contributed by atoms with E-state index in [2.05, 4.69) is 0 Å². The van der Waals surface area contributed by atoms with Gasteiger partial charge in [-0.25, -0.2) is 0 Å². The molecule has 1 saturated heterocycles. The fourth-order valence-corrected chi connectivity index (χ4v) is 2.77. The summed E-state index contributed by atoms with van der Waals surface area (Å²) in [7, 11) is 1.68. The molecule has 1 aromatic rings. The third-order valence-electron chi connectivity index (χ3n) is 3.89. The second-order valence-electron chi connectivity index (χ2n) is 6.03. The van der Waals surface area contributed by atoms with E-state index in [0.29, 0.717) is 31.8 Å². The number of carboxylic acids is 1. The van der Waals surface area contributed by atoms with Crippen LogP contribution in [0.3, 0.4) is 0 Å². The maximum Gasteiger partial charge on any atom is 0.317 e. The molecule has 0 bridgehead atoms. The number of carbonyl (C=O) groups excluding carboxylic acids is 1. The number of morpholine rings is 1. The van der Waals surface area contributed by atoms with Gasteiger partial charge >= 0.3 is 5.97 Å². The molecule has 1 unspecified atom stereocenters. The second kappa shape index (κ2) is 8.54. The van der Waals surface area contributed by atoms with Crippen molar-refractivity contribution in [2.45, 2.75) is 12.5 Å². The van der Waals surface area contributed by atoms with E-state index in [-0.39, 0.29) is 30.7 Å². The summed E-state index contributed by atoms with van der Waals surface area (Å²) in [4.78, 5) is 36.8. The highest BCUT2D eigenvalue weighted by molar-refractivity contribution is 5.79. The summed E-state index contributed by atoms with van der Waals surface area (Å²) in [5, 5.41) is 19.6. The van der Waals surface area contributed by atoms with Crippen LogP contribution in [0.15, 0.2) is 24.3 Å². The first kappa shape index (κ1) is 18.8. The van der Waals surface area contributed by atoms with Gasteiger partial charge in [0.1, 0.15) is 0 Å². The van der Waals surface area contributed by atoms with E-state index < -0.39 is 10.9 Å². The lowest BCUT2D eigenvalue weighted by molar-refractivity contribution is -0.384. The lowest BCUT2D eigenvalue weighted by Gasteiger charge is -2.34. The zero-order chi connectivity index (χ0) is 18.4. The minimum atomic E-state index is -0.920. The van der Waals surface area contributed by atoms with Crippen LogP contribution in [0, 0.1) is 10.1 Å². The smallest absolute Gasteiger partial charge is 0.317 e. The van der Waals surface area contributed by atoms with Gasteiger partial charge in [-0.15, -0.1) is 0 Å². The predicted octanol–water partition coefficient (Wildman–Crippen LogP) is 0.381. The molecule has 1 aliphatic heterocycles. The number of nitrogens with zero attached hydrogens (tertiary/aromatic N) is 3. The molecular formula is C16H21N3O6. The maximum absolute atomic E-state index is 12.5. The van der Waals surface area contributed by atoms with Gasteiger partial charge in [0, 0.05) is 31.8 Å². The second-order valence-corrected chi connectivity index (χ2v) is 6.03. The predicted molar refractivity (Wildman–Crippen MR) is 88.3 cm³/mol. The first-order chi connectivity index (χ1) is 11.8. The molecule has 25 heavy (non-hydrogen) atoms. The molecule has 1 aromatic carbocycles. The van der Waals surface area contributed by atoms with Crippen LogP contribution in [0.25, 0.3) is 0 Å². The van der Waals surface area contributed by atoms with E-state index in [1.165, 1.54) is 12.1 Å². The molecule has 0 aliphatic carbocycles. The molecule has 1 N–H and O–H groups in total. The normalized spacial score (nSPS) is 17.5.